The fourth-order valence-electron chi connectivity index (χ4n) is 2.34. The van der Waals surface area contributed by atoms with Crippen molar-refractivity contribution in [1.29, 1.82) is 0 Å². The number of aryl methyl sites for hydroxylation is 1. The highest BCUT2D eigenvalue weighted by Crippen LogP contribution is 2.38. The predicted molar refractivity (Wildman–Crippen MR) is 76.7 cm³/mol. The van der Waals surface area contributed by atoms with Gasteiger partial charge < -0.3 is 9.47 Å². The minimum atomic E-state index is -0.259. The third-order valence-electron chi connectivity index (χ3n) is 3.15. The monoisotopic (exact) mass is 269 g/mol. The van der Waals surface area contributed by atoms with Crippen LogP contribution in [0.3, 0.4) is 0 Å². The van der Waals surface area contributed by atoms with E-state index >= 15 is 0 Å². The molecule has 20 heavy (non-hydrogen) atoms. The van der Waals surface area contributed by atoms with Gasteiger partial charge >= 0.3 is 5.97 Å². The van der Waals surface area contributed by atoms with E-state index in [4.69, 9.17) is 9.47 Å². The van der Waals surface area contributed by atoms with Crippen LogP contribution in [0.25, 0.3) is 16.8 Å². The van der Waals surface area contributed by atoms with Gasteiger partial charge in [0.2, 0.25) is 0 Å². The number of benzene rings is 1. The first-order valence-corrected chi connectivity index (χ1v) is 6.59. The Balaban J connectivity index is 2.20. The lowest BCUT2D eigenvalue weighted by Crippen LogP contribution is -2.07. The highest BCUT2D eigenvalue weighted by atomic mass is 16.5. The zero-order chi connectivity index (χ0) is 14.3. The highest BCUT2D eigenvalue weighted by Gasteiger charge is 2.17. The highest BCUT2D eigenvalue weighted by molar-refractivity contribution is 5.97. The number of hydrogen-bond donors (Lipinski definition) is 0. The fourth-order valence-corrected chi connectivity index (χ4v) is 2.34. The number of allylic oxidation sites excluding steroid dienone is 1. The number of carbonyl (C=O) groups excluding carboxylic acids is 1. The van der Waals surface area contributed by atoms with Crippen LogP contribution in [0.4, 0.5) is 0 Å². The molecule has 0 N–H and O–H groups in total. The molecule has 1 aromatic carbocycles. The van der Waals surface area contributed by atoms with Crippen LogP contribution in [0.1, 0.15) is 31.7 Å². The van der Waals surface area contributed by atoms with Crippen molar-refractivity contribution in [3.05, 3.63) is 35.3 Å². The SMILES string of the molecule is CCC(=O)Oc1cc2c3c(nc(C)cc3c1)C=C(C)O2. The minimum Gasteiger partial charge on any atom is -0.461 e. The Morgan fingerprint density at radius 3 is 2.85 bits per heavy atom. The van der Waals surface area contributed by atoms with E-state index in [1.807, 2.05) is 32.1 Å². The zero-order valence-electron chi connectivity index (χ0n) is 11.7. The largest absolute Gasteiger partial charge is 0.461 e. The average Bonchev–Trinajstić information content (AvgIpc) is 2.36. The molecule has 0 radical (unpaired) electrons. The minimum absolute atomic E-state index is 0.259. The van der Waals surface area contributed by atoms with Crippen molar-refractivity contribution in [1.82, 2.24) is 4.98 Å². The van der Waals surface area contributed by atoms with Gasteiger partial charge in [-0.3, -0.25) is 9.78 Å². The fraction of sp³-hybridized carbons (Fsp3) is 0.250. The Morgan fingerprint density at radius 2 is 2.10 bits per heavy atom. The smallest absolute Gasteiger partial charge is 0.310 e. The van der Waals surface area contributed by atoms with Gasteiger partial charge in [0.15, 0.2) is 0 Å². The summed E-state index contributed by atoms with van der Waals surface area (Å²) < 4.78 is 11.0. The maximum atomic E-state index is 11.4. The van der Waals surface area contributed by atoms with Crippen molar-refractivity contribution >= 4 is 22.8 Å². The second-order valence-electron chi connectivity index (χ2n) is 4.85. The molecular formula is C16H15NO3. The standard InChI is InChI=1S/C16H15NO3/c1-4-15(18)20-12-7-11-5-9(2)17-13-6-10(3)19-14(8-12)16(11)13/h5-8H,4H2,1-3H3. The lowest BCUT2D eigenvalue weighted by molar-refractivity contribution is -0.134. The average molecular weight is 269 g/mol. The van der Waals surface area contributed by atoms with Crippen LogP contribution in [0.2, 0.25) is 0 Å². The van der Waals surface area contributed by atoms with Crippen LogP contribution in [0.15, 0.2) is 24.0 Å². The molecular weight excluding hydrogens is 254 g/mol. The van der Waals surface area contributed by atoms with Crippen LogP contribution < -0.4 is 9.47 Å². The molecule has 0 saturated carbocycles. The van der Waals surface area contributed by atoms with Crippen LogP contribution in [-0.4, -0.2) is 11.0 Å². The summed E-state index contributed by atoms with van der Waals surface area (Å²) in [5, 5.41) is 1.92. The molecule has 0 atom stereocenters. The van der Waals surface area contributed by atoms with Gasteiger partial charge in [0.05, 0.1) is 11.1 Å². The van der Waals surface area contributed by atoms with Gasteiger partial charge in [-0.25, -0.2) is 0 Å². The Bertz CT molecular complexity index is 747. The van der Waals surface area contributed by atoms with E-state index < -0.39 is 0 Å². The first kappa shape index (κ1) is 12.7. The number of aromatic nitrogens is 1. The van der Waals surface area contributed by atoms with E-state index in [0.717, 1.165) is 27.9 Å². The Labute approximate surface area is 117 Å². The number of pyridine rings is 1. The summed E-state index contributed by atoms with van der Waals surface area (Å²) in [5.41, 5.74) is 1.82. The van der Waals surface area contributed by atoms with Gasteiger partial charge in [-0.05, 0) is 31.4 Å². The normalized spacial score (nSPS) is 12.8. The molecule has 0 unspecified atom stereocenters. The molecule has 0 bridgehead atoms. The number of ether oxygens (including phenoxy) is 2. The van der Waals surface area contributed by atoms with Crippen molar-refractivity contribution in [2.75, 3.05) is 0 Å². The molecule has 4 nitrogen and oxygen atoms in total. The summed E-state index contributed by atoms with van der Waals surface area (Å²) in [5.74, 6) is 1.70. The molecule has 1 aliphatic rings. The quantitative estimate of drug-likeness (QED) is 0.617. The van der Waals surface area contributed by atoms with Gasteiger partial charge in [0.1, 0.15) is 17.3 Å². The Kier molecular flexibility index (Phi) is 2.93. The number of carbonyl (C=O) groups is 1. The van der Waals surface area contributed by atoms with Crippen molar-refractivity contribution in [2.24, 2.45) is 0 Å². The van der Waals surface area contributed by atoms with Crippen molar-refractivity contribution < 1.29 is 14.3 Å². The summed E-state index contributed by atoms with van der Waals surface area (Å²) >= 11 is 0. The Hall–Kier alpha value is -2.36. The van der Waals surface area contributed by atoms with E-state index in [1.165, 1.54) is 0 Å². The number of hydrogen-bond acceptors (Lipinski definition) is 4. The van der Waals surface area contributed by atoms with E-state index in [9.17, 15) is 4.79 Å². The number of esters is 1. The van der Waals surface area contributed by atoms with E-state index in [1.54, 1.807) is 13.0 Å². The molecule has 0 aliphatic carbocycles. The summed E-state index contributed by atoms with van der Waals surface area (Å²) in [6.45, 7) is 5.59. The number of rotatable bonds is 2. The Morgan fingerprint density at radius 1 is 1.30 bits per heavy atom. The van der Waals surface area contributed by atoms with Gasteiger partial charge in [0, 0.05) is 24.3 Å². The van der Waals surface area contributed by atoms with E-state index in [0.29, 0.717) is 17.9 Å². The van der Waals surface area contributed by atoms with Gasteiger partial charge in [-0.2, -0.15) is 0 Å². The lowest BCUT2D eigenvalue weighted by atomic mass is 10.0. The summed E-state index contributed by atoms with van der Waals surface area (Å²) in [6, 6.07) is 5.55. The van der Waals surface area contributed by atoms with Gasteiger partial charge in [0.25, 0.3) is 0 Å². The zero-order valence-corrected chi connectivity index (χ0v) is 11.7. The molecule has 0 amide bonds. The molecule has 0 fully saturated rings. The summed E-state index contributed by atoms with van der Waals surface area (Å²) in [4.78, 5) is 16.0. The molecule has 1 aromatic heterocycles. The van der Waals surface area contributed by atoms with Crippen molar-refractivity contribution in [3.63, 3.8) is 0 Å². The molecule has 4 heteroatoms. The molecule has 0 spiro atoms. The molecule has 2 heterocycles. The third kappa shape index (κ3) is 2.13. The van der Waals surface area contributed by atoms with E-state index in [2.05, 4.69) is 4.98 Å². The van der Waals surface area contributed by atoms with Crippen LogP contribution >= 0.6 is 0 Å². The second kappa shape index (κ2) is 4.63. The predicted octanol–water partition coefficient (Wildman–Crippen LogP) is 3.61. The maximum Gasteiger partial charge on any atom is 0.310 e. The topological polar surface area (TPSA) is 48.4 Å². The first-order valence-electron chi connectivity index (χ1n) is 6.59. The first-order chi connectivity index (χ1) is 9.56. The summed E-state index contributed by atoms with van der Waals surface area (Å²) in [6.07, 6.45) is 2.26. The number of nitrogens with zero attached hydrogens (tertiary/aromatic N) is 1. The van der Waals surface area contributed by atoms with Crippen molar-refractivity contribution in [2.45, 2.75) is 27.2 Å². The van der Waals surface area contributed by atoms with Crippen molar-refractivity contribution in [3.8, 4) is 11.5 Å². The molecule has 0 saturated heterocycles. The maximum absolute atomic E-state index is 11.4. The second-order valence-corrected chi connectivity index (χ2v) is 4.85. The van der Waals surface area contributed by atoms with Gasteiger partial charge in [-0.1, -0.05) is 6.92 Å². The third-order valence-corrected chi connectivity index (χ3v) is 3.15. The lowest BCUT2D eigenvalue weighted by Gasteiger charge is -2.18. The van der Waals surface area contributed by atoms with Crippen LogP contribution in [0.5, 0.6) is 11.5 Å². The van der Waals surface area contributed by atoms with Gasteiger partial charge in [-0.15, -0.1) is 0 Å². The molecule has 1 aliphatic heterocycles. The van der Waals surface area contributed by atoms with E-state index in [-0.39, 0.29) is 5.97 Å². The molecule has 2 aromatic rings. The van der Waals surface area contributed by atoms with Crippen LogP contribution in [-0.2, 0) is 4.79 Å². The summed E-state index contributed by atoms with van der Waals surface area (Å²) in [7, 11) is 0. The molecule has 3 rings (SSSR count). The molecule has 102 valence electrons. The van der Waals surface area contributed by atoms with Crippen LogP contribution in [0, 0.1) is 6.92 Å².